The molecule has 2 rings (SSSR count). The van der Waals surface area contributed by atoms with Crippen molar-refractivity contribution in [1.29, 1.82) is 0 Å². The maximum atomic E-state index is 13.9. The molecular formula is C15H9F7N2O3. The van der Waals surface area contributed by atoms with E-state index >= 15 is 0 Å². The second kappa shape index (κ2) is 7.39. The number of nitrogens with one attached hydrogen (secondary N) is 1. The fourth-order valence-corrected chi connectivity index (χ4v) is 1.98. The third-order valence-electron chi connectivity index (χ3n) is 3.37. The standard InChI is InChI=1S/C15H9F7N2O3/c16-10-5-7(11(25)24-26)6-23-12(10)27-9-3-1-8(2-4-9)14(19,13(17)18)15(20,21)22/h1-6,13,26H,(H,24,25). The zero-order valence-corrected chi connectivity index (χ0v) is 12.9. The van der Waals surface area contributed by atoms with Gasteiger partial charge in [0, 0.05) is 11.8 Å². The number of pyridine rings is 1. The van der Waals surface area contributed by atoms with Gasteiger partial charge in [0.05, 0.1) is 5.56 Å². The number of ether oxygens (including phenoxy) is 1. The number of hydroxylamine groups is 1. The average Bonchev–Trinajstić information content (AvgIpc) is 2.61. The zero-order chi connectivity index (χ0) is 20.4. The Morgan fingerprint density at radius 2 is 1.74 bits per heavy atom. The Morgan fingerprint density at radius 1 is 1.15 bits per heavy atom. The number of nitrogens with zero attached hydrogens (tertiary/aromatic N) is 1. The minimum Gasteiger partial charge on any atom is -0.436 e. The van der Waals surface area contributed by atoms with Gasteiger partial charge in [-0.3, -0.25) is 10.0 Å². The molecule has 0 spiro atoms. The maximum absolute atomic E-state index is 13.9. The molecule has 146 valence electrons. The van der Waals surface area contributed by atoms with Crippen LogP contribution in [0, 0.1) is 5.82 Å². The van der Waals surface area contributed by atoms with Crippen LogP contribution in [0.1, 0.15) is 15.9 Å². The molecule has 2 N–H and O–H groups in total. The van der Waals surface area contributed by atoms with E-state index in [2.05, 4.69) is 4.98 Å². The van der Waals surface area contributed by atoms with Crippen molar-refractivity contribution in [1.82, 2.24) is 10.5 Å². The summed E-state index contributed by atoms with van der Waals surface area (Å²) < 4.78 is 96.0. The van der Waals surface area contributed by atoms with Crippen LogP contribution in [0.2, 0.25) is 0 Å². The number of hydrogen-bond acceptors (Lipinski definition) is 4. The molecule has 0 bridgehead atoms. The third kappa shape index (κ3) is 3.94. The number of carbonyl (C=O) groups excluding carboxylic acids is 1. The highest BCUT2D eigenvalue weighted by Gasteiger charge is 2.63. The second-order valence-corrected chi connectivity index (χ2v) is 5.09. The van der Waals surface area contributed by atoms with Gasteiger partial charge in [-0.05, 0) is 18.2 Å². The Hall–Kier alpha value is -2.89. The summed E-state index contributed by atoms with van der Waals surface area (Å²) >= 11 is 0. The number of aromatic nitrogens is 1. The van der Waals surface area contributed by atoms with Gasteiger partial charge in [0.1, 0.15) is 5.75 Å². The fraction of sp³-hybridized carbons (Fsp3) is 0.200. The molecule has 0 saturated heterocycles. The first-order chi connectivity index (χ1) is 12.5. The van der Waals surface area contributed by atoms with Crippen LogP contribution in [0.25, 0.3) is 0 Å². The van der Waals surface area contributed by atoms with Crippen molar-refractivity contribution in [2.24, 2.45) is 0 Å². The molecule has 1 aromatic carbocycles. The largest absolute Gasteiger partial charge is 0.436 e. The van der Waals surface area contributed by atoms with Gasteiger partial charge in [-0.15, -0.1) is 0 Å². The van der Waals surface area contributed by atoms with Crippen LogP contribution in [0.4, 0.5) is 30.7 Å². The highest BCUT2D eigenvalue weighted by atomic mass is 19.4. The lowest BCUT2D eigenvalue weighted by molar-refractivity contribution is -0.274. The smallest absolute Gasteiger partial charge is 0.432 e. The number of amides is 1. The van der Waals surface area contributed by atoms with E-state index in [0.717, 1.165) is 6.20 Å². The Labute approximate surface area is 146 Å². The molecule has 5 nitrogen and oxygen atoms in total. The van der Waals surface area contributed by atoms with Gasteiger partial charge in [0.25, 0.3) is 23.9 Å². The minimum atomic E-state index is -5.86. The quantitative estimate of drug-likeness (QED) is 0.452. The number of carbonyl (C=O) groups is 1. The van der Waals surface area contributed by atoms with Gasteiger partial charge in [-0.2, -0.15) is 13.2 Å². The molecule has 12 heteroatoms. The van der Waals surface area contributed by atoms with Crippen LogP contribution in [0.3, 0.4) is 0 Å². The zero-order valence-electron chi connectivity index (χ0n) is 12.9. The first kappa shape index (κ1) is 20.4. The predicted molar refractivity (Wildman–Crippen MR) is 74.8 cm³/mol. The van der Waals surface area contributed by atoms with E-state index in [1.807, 2.05) is 0 Å². The molecule has 1 heterocycles. The van der Waals surface area contributed by atoms with Crippen LogP contribution < -0.4 is 10.2 Å². The van der Waals surface area contributed by atoms with Crippen LogP contribution in [0.5, 0.6) is 11.6 Å². The molecule has 0 aliphatic carbocycles. The van der Waals surface area contributed by atoms with Gasteiger partial charge in [0.2, 0.25) is 0 Å². The molecule has 0 fully saturated rings. The molecule has 1 aromatic heterocycles. The van der Waals surface area contributed by atoms with E-state index in [1.54, 1.807) is 0 Å². The summed E-state index contributed by atoms with van der Waals surface area (Å²) in [5.74, 6) is -3.25. The average molecular weight is 398 g/mol. The first-order valence-corrected chi connectivity index (χ1v) is 6.93. The van der Waals surface area contributed by atoms with Crippen molar-refractivity contribution < 1.29 is 45.5 Å². The van der Waals surface area contributed by atoms with E-state index in [0.29, 0.717) is 30.3 Å². The summed E-state index contributed by atoms with van der Waals surface area (Å²) in [4.78, 5) is 14.5. The normalized spacial score (nSPS) is 14.0. The topological polar surface area (TPSA) is 71.5 Å². The van der Waals surface area contributed by atoms with Crippen molar-refractivity contribution in [3.05, 3.63) is 53.5 Å². The van der Waals surface area contributed by atoms with Crippen LogP contribution in [-0.4, -0.2) is 28.7 Å². The number of halogens is 7. The van der Waals surface area contributed by atoms with Crippen LogP contribution >= 0.6 is 0 Å². The summed E-state index contributed by atoms with van der Waals surface area (Å²) in [6, 6.07) is 2.91. The van der Waals surface area contributed by atoms with Crippen molar-refractivity contribution in [3.63, 3.8) is 0 Å². The van der Waals surface area contributed by atoms with E-state index in [4.69, 9.17) is 9.94 Å². The van der Waals surface area contributed by atoms with Gasteiger partial charge >= 0.3 is 6.18 Å². The van der Waals surface area contributed by atoms with Crippen molar-refractivity contribution in [3.8, 4) is 11.6 Å². The lowest BCUT2D eigenvalue weighted by Crippen LogP contribution is -2.44. The summed E-state index contributed by atoms with van der Waals surface area (Å²) in [6.07, 6.45) is -9.40. The Morgan fingerprint density at radius 3 is 2.19 bits per heavy atom. The molecular weight excluding hydrogens is 389 g/mol. The summed E-state index contributed by atoms with van der Waals surface area (Å²) in [5, 5.41) is 8.43. The molecule has 1 unspecified atom stereocenters. The molecule has 27 heavy (non-hydrogen) atoms. The number of benzene rings is 1. The van der Waals surface area contributed by atoms with Gasteiger partial charge in [-0.1, -0.05) is 12.1 Å². The van der Waals surface area contributed by atoms with Crippen molar-refractivity contribution in [2.75, 3.05) is 0 Å². The third-order valence-corrected chi connectivity index (χ3v) is 3.37. The van der Waals surface area contributed by atoms with Crippen molar-refractivity contribution >= 4 is 5.91 Å². The Balaban J connectivity index is 2.27. The lowest BCUT2D eigenvalue weighted by Gasteiger charge is -2.27. The SMILES string of the molecule is O=C(NO)c1cnc(Oc2ccc(C(F)(C(F)F)C(F)(F)F)cc2)c(F)c1. The molecule has 0 saturated carbocycles. The van der Waals surface area contributed by atoms with Gasteiger partial charge < -0.3 is 4.74 Å². The van der Waals surface area contributed by atoms with Crippen LogP contribution in [-0.2, 0) is 5.67 Å². The number of hydrogen-bond donors (Lipinski definition) is 2. The highest BCUT2D eigenvalue weighted by molar-refractivity contribution is 5.93. The van der Waals surface area contributed by atoms with E-state index in [1.165, 1.54) is 5.48 Å². The van der Waals surface area contributed by atoms with Gasteiger partial charge in [0.15, 0.2) is 5.82 Å². The summed E-state index contributed by atoms with van der Waals surface area (Å²) in [6.45, 7) is 0. The van der Waals surface area contributed by atoms with E-state index in [9.17, 15) is 35.5 Å². The minimum absolute atomic E-state index is 0.330. The molecule has 0 aliphatic heterocycles. The number of alkyl halides is 6. The Kier molecular flexibility index (Phi) is 5.59. The predicted octanol–water partition coefficient (Wildman–Crippen LogP) is 4.12. The lowest BCUT2D eigenvalue weighted by atomic mass is 9.95. The van der Waals surface area contributed by atoms with Crippen LogP contribution in [0.15, 0.2) is 36.5 Å². The molecule has 0 radical (unpaired) electrons. The maximum Gasteiger partial charge on any atom is 0.432 e. The van der Waals surface area contributed by atoms with Gasteiger partial charge in [-0.25, -0.2) is 28.0 Å². The second-order valence-electron chi connectivity index (χ2n) is 5.09. The fourth-order valence-electron chi connectivity index (χ4n) is 1.98. The van der Waals surface area contributed by atoms with E-state index in [-0.39, 0.29) is 11.3 Å². The van der Waals surface area contributed by atoms with E-state index < -0.39 is 41.4 Å². The Bertz CT molecular complexity index is 827. The molecule has 1 amide bonds. The summed E-state index contributed by atoms with van der Waals surface area (Å²) in [7, 11) is 0. The monoisotopic (exact) mass is 398 g/mol. The first-order valence-electron chi connectivity index (χ1n) is 6.93. The molecule has 2 aromatic rings. The van der Waals surface area contributed by atoms with Crippen molar-refractivity contribution in [2.45, 2.75) is 18.3 Å². The molecule has 0 aliphatic rings. The summed E-state index contributed by atoms with van der Waals surface area (Å²) in [5.41, 5.74) is -5.36. The highest BCUT2D eigenvalue weighted by Crippen LogP contribution is 2.47. The number of rotatable bonds is 5. The molecule has 1 atom stereocenters.